The third-order valence-electron chi connectivity index (χ3n) is 2.90. The molecule has 1 aromatic carbocycles. The number of pyridine rings is 1. The fourth-order valence-electron chi connectivity index (χ4n) is 1.96. The van der Waals surface area contributed by atoms with Crippen molar-refractivity contribution in [2.24, 2.45) is 0 Å². The first-order chi connectivity index (χ1) is 10.2. The summed E-state index contributed by atoms with van der Waals surface area (Å²) in [6.07, 6.45) is 4.77. The van der Waals surface area contributed by atoms with Gasteiger partial charge in [-0.25, -0.2) is 0 Å². The number of fused-ring (bicyclic) bond motifs is 1. The molecule has 3 aromatic rings. The van der Waals surface area contributed by atoms with E-state index in [2.05, 4.69) is 26.2 Å². The van der Waals surface area contributed by atoms with E-state index in [9.17, 15) is 4.79 Å². The summed E-state index contributed by atoms with van der Waals surface area (Å²) in [5.41, 5.74) is 1.57. The van der Waals surface area contributed by atoms with Gasteiger partial charge in [0.15, 0.2) is 4.67 Å². The molecule has 0 spiro atoms. The predicted molar refractivity (Wildman–Crippen MR) is 85.8 cm³/mol. The van der Waals surface area contributed by atoms with Gasteiger partial charge in [0.2, 0.25) is 5.91 Å². The second kappa shape index (κ2) is 5.93. The van der Waals surface area contributed by atoms with Crippen LogP contribution in [0.5, 0.6) is 0 Å². The largest absolute Gasteiger partial charge is 0.450 e. The summed E-state index contributed by atoms with van der Waals surface area (Å²) in [6.45, 7) is 0. The Kier molecular flexibility index (Phi) is 3.83. The number of halogens is 1. The lowest BCUT2D eigenvalue weighted by Crippen LogP contribution is -2.08. The van der Waals surface area contributed by atoms with Crippen LogP contribution in [0.4, 0.5) is 5.69 Å². The summed E-state index contributed by atoms with van der Waals surface area (Å²) in [5.74, 6) is 0.385. The van der Waals surface area contributed by atoms with Gasteiger partial charge in [0.05, 0.1) is 11.2 Å². The highest BCUT2D eigenvalue weighted by molar-refractivity contribution is 9.10. The molecule has 1 N–H and O–H groups in total. The number of benzene rings is 1. The maximum atomic E-state index is 12.0. The van der Waals surface area contributed by atoms with Crippen molar-refractivity contribution in [2.45, 2.75) is 0 Å². The first kappa shape index (κ1) is 13.6. The number of furan rings is 1. The van der Waals surface area contributed by atoms with Crippen molar-refractivity contribution in [2.75, 3.05) is 5.32 Å². The second-order valence-electron chi connectivity index (χ2n) is 4.34. The second-order valence-corrected chi connectivity index (χ2v) is 5.12. The van der Waals surface area contributed by atoms with E-state index >= 15 is 0 Å². The maximum absolute atomic E-state index is 12.0. The summed E-state index contributed by atoms with van der Waals surface area (Å²) < 4.78 is 5.92. The van der Waals surface area contributed by atoms with Crippen LogP contribution in [0, 0.1) is 0 Å². The van der Waals surface area contributed by atoms with Gasteiger partial charge in [-0.3, -0.25) is 9.78 Å². The first-order valence-electron chi connectivity index (χ1n) is 6.30. The molecule has 4 nitrogen and oxygen atoms in total. The minimum Gasteiger partial charge on any atom is -0.450 e. The van der Waals surface area contributed by atoms with Gasteiger partial charge < -0.3 is 9.73 Å². The standard InChI is InChI=1S/C16H11BrN2O2/c17-15-8-6-11(21-15)7-9-16(20)19-14-5-1-4-13-12(14)3-2-10-18-13/h1-10H,(H,19,20)/b9-7+. The van der Waals surface area contributed by atoms with E-state index in [0.29, 0.717) is 10.4 Å². The van der Waals surface area contributed by atoms with Gasteiger partial charge in [0, 0.05) is 17.7 Å². The summed E-state index contributed by atoms with van der Waals surface area (Å²) in [5, 5.41) is 3.75. The molecule has 2 aromatic heterocycles. The first-order valence-corrected chi connectivity index (χ1v) is 7.10. The zero-order valence-electron chi connectivity index (χ0n) is 10.9. The molecule has 0 saturated carbocycles. The Labute approximate surface area is 129 Å². The molecule has 104 valence electrons. The minimum absolute atomic E-state index is 0.223. The number of anilines is 1. The number of nitrogens with zero attached hydrogens (tertiary/aromatic N) is 1. The van der Waals surface area contributed by atoms with Crippen molar-refractivity contribution >= 4 is 44.5 Å². The van der Waals surface area contributed by atoms with E-state index in [1.165, 1.54) is 6.08 Å². The molecule has 0 aliphatic rings. The van der Waals surface area contributed by atoms with Crippen LogP contribution in [-0.4, -0.2) is 10.9 Å². The summed E-state index contributed by atoms with van der Waals surface area (Å²) in [7, 11) is 0. The lowest BCUT2D eigenvalue weighted by molar-refractivity contribution is -0.111. The number of hydrogen-bond donors (Lipinski definition) is 1. The molecule has 0 atom stereocenters. The van der Waals surface area contributed by atoms with E-state index in [1.54, 1.807) is 24.4 Å². The third-order valence-corrected chi connectivity index (χ3v) is 3.32. The van der Waals surface area contributed by atoms with Crippen molar-refractivity contribution in [1.29, 1.82) is 0 Å². The third kappa shape index (κ3) is 3.20. The molecule has 0 unspecified atom stereocenters. The van der Waals surface area contributed by atoms with Crippen molar-refractivity contribution in [3.05, 3.63) is 65.2 Å². The fraction of sp³-hybridized carbons (Fsp3) is 0. The lowest BCUT2D eigenvalue weighted by Gasteiger charge is -2.05. The Bertz CT molecular complexity index is 819. The van der Waals surface area contributed by atoms with Gasteiger partial charge in [-0.2, -0.15) is 0 Å². The Morgan fingerprint density at radius 2 is 2.10 bits per heavy atom. The van der Waals surface area contributed by atoms with Crippen LogP contribution in [0.2, 0.25) is 0 Å². The molecule has 0 aliphatic heterocycles. The zero-order chi connectivity index (χ0) is 14.7. The number of nitrogens with one attached hydrogen (secondary N) is 1. The summed E-state index contributed by atoms with van der Waals surface area (Å²) in [4.78, 5) is 16.2. The Hall–Kier alpha value is -2.40. The molecule has 0 aliphatic carbocycles. The van der Waals surface area contributed by atoms with Crippen LogP contribution in [0.3, 0.4) is 0 Å². The zero-order valence-corrected chi connectivity index (χ0v) is 12.5. The minimum atomic E-state index is -0.223. The highest BCUT2D eigenvalue weighted by atomic mass is 79.9. The van der Waals surface area contributed by atoms with Crippen molar-refractivity contribution in [3.8, 4) is 0 Å². The van der Waals surface area contributed by atoms with Crippen molar-refractivity contribution < 1.29 is 9.21 Å². The highest BCUT2D eigenvalue weighted by Crippen LogP contribution is 2.21. The Morgan fingerprint density at radius 3 is 2.90 bits per heavy atom. The normalized spacial score (nSPS) is 11.1. The molecule has 0 fully saturated rings. The number of amides is 1. The molecule has 0 bridgehead atoms. The summed E-state index contributed by atoms with van der Waals surface area (Å²) in [6, 6.07) is 12.9. The van der Waals surface area contributed by atoms with E-state index in [-0.39, 0.29) is 5.91 Å². The SMILES string of the molecule is O=C(/C=C/c1ccc(Br)o1)Nc1cccc2ncccc12. The number of carbonyl (C=O) groups excluding carboxylic acids is 1. The van der Waals surface area contributed by atoms with Gasteiger partial charge in [-0.05, 0) is 58.4 Å². The molecule has 0 radical (unpaired) electrons. The fourth-order valence-corrected chi connectivity index (χ4v) is 2.28. The number of rotatable bonds is 3. The molecule has 0 saturated heterocycles. The van der Waals surface area contributed by atoms with Gasteiger partial charge >= 0.3 is 0 Å². The summed E-state index contributed by atoms with van der Waals surface area (Å²) >= 11 is 3.21. The van der Waals surface area contributed by atoms with Gasteiger partial charge in [-0.15, -0.1) is 0 Å². The quantitative estimate of drug-likeness (QED) is 0.724. The number of carbonyl (C=O) groups is 1. The molecule has 21 heavy (non-hydrogen) atoms. The van der Waals surface area contributed by atoms with E-state index in [4.69, 9.17) is 4.42 Å². The van der Waals surface area contributed by atoms with Gasteiger partial charge in [0.25, 0.3) is 0 Å². The van der Waals surface area contributed by atoms with Crippen LogP contribution in [-0.2, 0) is 4.79 Å². The molecular formula is C16H11BrN2O2. The maximum Gasteiger partial charge on any atom is 0.248 e. The number of hydrogen-bond acceptors (Lipinski definition) is 3. The molecule has 5 heteroatoms. The van der Waals surface area contributed by atoms with Gasteiger partial charge in [-0.1, -0.05) is 6.07 Å². The Balaban J connectivity index is 1.79. The monoisotopic (exact) mass is 342 g/mol. The lowest BCUT2D eigenvalue weighted by atomic mass is 10.2. The number of aromatic nitrogens is 1. The van der Waals surface area contributed by atoms with E-state index in [0.717, 1.165) is 16.6 Å². The topological polar surface area (TPSA) is 55.1 Å². The van der Waals surface area contributed by atoms with Crippen LogP contribution in [0.25, 0.3) is 17.0 Å². The average Bonchev–Trinajstić information content (AvgIpc) is 2.91. The van der Waals surface area contributed by atoms with Crippen LogP contribution < -0.4 is 5.32 Å². The molecular weight excluding hydrogens is 332 g/mol. The predicted octanol–water partition coefficient (Wildman–Crippen LogP) is 4.24. The molecule has 2 heterocycles. The molecule has 3 rings (SSSR count). The highest BCUT2D eigenvalue weighted by Gasteiger charge is 2.04. The van der Waals surface area contributed by atoms with Gasteiger partial charge in [0.1, 0.15) is 5.76 Å². The molecule has 1 amide bonds. The van der Waals surface area contributed by atoms with E-state index in [1.807, 2.05) is 30.3 Å². The van der Waals surface area contributed by atoms with E-state index < -0.39 is 0 Å². The Morgan fingerprint density at radius 1 is 1.19 bits per heavy atom. The van der Waals surface area contributed by atoms with Crippen LogP contribution >= 0.6 is 15.9 Å². The van der Waals surface area contributed by atoms with Crippen LogP contribution in [0.1, 0.15) is 5.76 Å². The van der Waals surface area contributed by atoms with Crippen LogP contribution in [0.15, 0.2) is 63.8 Å². The smallest absolute Gasteiger partial charge is 0.248 e. The average molecular weight is 343 g/mol. The van der Waals surface area contributed by atoms with Crippen molar-refractivity contribution in [1.82, 2.24) is 4.98 Å². The van der Waals surface area contributed by atoms with Crippen molar-refractivity contribution in [3.63, 3.8) is 0 Å².